The molecule has 0 bridgehead atoms. The Hall–Kier alpha value is -3.56. The Balaban J connectivity index is 2.16. The standard InChI is InChI=1S/C29H30N2O/c1-6-21-29(30-3,31-4)27-17-11-9-15-25(27)24(26-16-10-12-18-28(26)32-5)20-19-23-14-8-7-13-22(23)2/h6-8,10,12-14,16-20,24-25H,1,9,11,15,21H2,2,5H3/b20-19+/t24-,25+/m1/s1. The van der Waals surface area contributed by atoms with Crippen LogP contribution in [0.3, 0.4) is 0 Å². The van der Waals surface area contributed by atoms with E-state index in [0.717, 1.165) is 36.1 Å². The number of para-hydroxylation sites is 1. The van der Waals surface area contributed by atoms with Crippen molar-refractivity contribution in [1.29, 1.82) is 0 Å². The Bertz CT molecular complexity index is 1080. The van der Waals surface area contributed by atoms with E-state index in [4.69, 9.17) is 17.9 Å². The van der Waals surface area contributed by atoms with Crippen molar-refractivity contribution in [2.24, 2.45) is 5.92 Å². The van der Waals surface area contributed by atoms with Crippen molar-refractivity contribution in [3.8, 4) is 5.75 Å². The highest BCUT2D eigenvalue weighted by Gasteiger charge is 2.52. The summed E-state index contributed by atoms with van der Waals surface area (Å²) in [6, 6.07) is 16.4. The highest BCUT2D eigenvalue weighted by atomic mass is 16.5. The van der Waals surface area contributed by atoms with E-state index >= 15 is 0 Å². The van der Waals surface area contributed by atoms with Crippen LogP contribution in [-0.2, 0) is 0 Å². The van der Waals surface area contributed by atoms with Crippen LogP contribution in [0, 0.1) is 26.0 Å². The number of hydrogen-bond donors (Lipinski definition) is 0. The van der Waals surface area contributed by atoms with Crippen LogP contribution in [-0.4, -0.2) is 12.8 Å². The summed E-state index contributed by atoms with van der Waals surface area (Å²) < 4.78 is 5.72. The summed E-state index contributed by atoms with van der Waals surface area (Å²) in [6.07, 6.45) is 11.4. The van der Waals surface area contributed by atoms with Crippen LogP contribution in [0.4, 0.5) is 0 Å². The highest BCUT2D eigenvalue weighted by Crippen LogP contribution is 2.47. The molecule has 0 N–H and O–H groups in total. The molecule has 0 unspecified atom stereocenters. The second-order valence-corrected chi connectivity index (χ2v) is 8.21. The fourth-order valence-corrected chi connectivity index (χ4v) is 4.68. The van der Waals surface area contributed by atoms with E-state index in [-0.39, 0.29) is 11.8 Å². The largest absolute Gasteiger partial charge is 0.509 e. The monoisotopic (exact) mass is 422 g/mol. The van der Waals surface area contributed by atoms with Crippen LogP contribution in [0.15, 0.2) is 78.9 Å². The van der Waals surface area contributed by atoms with E-state index in [9.17, 15) is 0 Å². The van der Waals surface area contributed by atoms with Gasteiger partial charge in [0, 0.05) is 17.4 Å². The van der Waals surface area contributed by atoms with Crippen LogP contribution < -0.4 is 4.74 Å². The zero-order chi connectivity index (χ0) is 23.0. The third kappa shape index (κ3) is 4.68. The van der Waals surface area contributed by atoms with Crippen molar-refractivity contribution in [2.45, 2.75) is 44.2 Å². The van der Waals surface area contributed by atoms with Gasteiger partial charge in [-0.15, -0.1) is 6.58 Å². The first-order valence-electron chi connectivity index (χ1n) is 11.1. The smallest absolute Gasteiger partial charge is 0.496 e. The molecule has 2 aromatic rings. The molecule has 0 saturated carbocycles. The van der Waals surface area contributed by atoms with Crippen molar-refractivity contribution < 1.29 is 4.74 Å². The maximum Gasteiger partial charge on any atom is 0.509 e. The normalized spacial score (nSPS) is 17.1. The molecule has 3 nitrogen and oxygen atoms in total. The highest BCUT2D eigenvalue weighted by molar-refractivity contribution is 5.56. The molecule has 3 heteroatoms. The number of rotatable bonds is 8. The number of ether oxygens (including phenoxy) is 1. The van der Waals surface area contributed by atoms with Crippen molar-refractivity contribution in [1.82, 2.24) is 0 Å². The summed E-state index contributed by atoms with van der Waals surface area (Å²) in [4.78, 5) is 7.71. The second kappa shape index (κ2) is 10.7. The summed E-state index contributed by atoms with van der Waals surface area (Å²) in [7, 11) is 1.69. The lowest BCUT2D eigenvalue weighted by Crippen LogP contribution is -2.31. The molecule has 1 aliphatic carbocycles. The molecule has 0 amide bonds. The van der Waals surface area contributed by atoms with Crippen molar-refractivity contribution in [3.05, 3.63) is 118 Å². The van der Waals surface area contributed by atoms with Crippen LogP contribution in [0.1, 0.15) is 48.3 Å². The lowest BCUT2D eigenvalue weighted by atomic mass is 9.70. The molecule has 0 spiro atoms. The lowest BCUT2D eigenvalue weighted by molar-refractivity contribution is 0.388. The maximum absolute atomic E-state index is 7.91. The predicted octanol–water partition coefficient (Wildman–Crippen LogP) is 7.64. The Labute approximate surface area is 192 Å². The first kappa shape index (κ1) is 23.1. The van der Waals surface area contributed by atoms with Gasteiger partial charge in [0.2, 0.25) is 0 Å². The molecular formula is C29H30N2O. The zero-order valence-electron chi connectivity index (χ0n) is 18.9. The Morgan fingerprint density at radius 3 is 2.56 bits per heavy atom. The van der Waals surface area contributed by atoms with Gasteiger partial charge < -0.3 is 4.74 Å². The van der Waals surface area contributed by atoms with Gasteiger partial charge in [-0.1, -0.05) is 66.8 Å². The van der Waals surface area contributed by atoms with Gasteiger partial charge in [0.05, 0.1) is 7.11 Å². The van der Waals surface area contributed by atoms with Gasteiger partial charge in [0.15, 0.2) is 0 Å². The summed E-state index contributed by atoms with van der Waals surface area (Å²) in [5.41, 5.74) is 3.18. The number of aryl methyl sites for hydroxylation is 1. The number of nitrogens with zero attached hydrogens (tertiary/aromatic N) is 2. The molecule has 0 radical (unpaired) electrons. The predicted molar refractivity (Wildman–Crippen MR) is 132 cm³/mol. The van der Waals surface area contributed by atoms with Crippen LogP contribution in [0.2, 0.25) is 0 Å². The third-order valence-electron chi connectivity index (χ3n) is 6.35. The van der Waals surface area contributed by atoms with Gasteiger partial charge in [-0.3, -0.25) is 0 Å². The minimum Gasteiger partial charge on any atom is -0.496 e. The molecule has 0 aromatic heterocycles. The molecule has 2 aromatic carbocycles. The zero-order valence-corrected chi connectivity index (χ0v) is 18.9. The van der Waals surface area contributed by atoms with E-state index < -0.39 is 5.66 Å². The second-order valence-electron chi connectivity index (χ2n) is 8.21. The molecule has 162 valence electrons. The lowest BCUT2D eigenvalue weighted by Gasteiger charge is -2.31. The Kier molecular flexibility index (Phi) is 7.69. The number of hydrogen-bond acceptors (Lipinski definition) is 1. The molecule has 0 fully saturated rings. The van der Waals surface area contributed by atoms with Crippen molar-refractivity contribution in [2.75, 3.05) is 7.11 Å². The summed E-state index contributed by atoms with van der Waals surface area (Å²) in [6.45, 7) is 21.7. The maximum atomic E-state index is 7.91. The summed E-state index contributed by atoms with van der Waals surface area (Å²) >= 11 is 0. The van der Waals surface area contributed by atoms with Gasteiger partial charge in [0.25, 0.3) is 0 Å². The van der Waals surface area contributed by atoms with Gasteiger partial charge >= 0.3 is 5.66 Å². The van der Waals surface area contributed by atoms with Crippen LogP contribution in [0.25, 0.3) is 15.8 Å². The summed E-state index contributed by atoms with van der Waals surface area (Å²) in [5.74, 6) is 0.866. The van der Waals surface area contributed by atoms with E-state index in [2.05, 4.69) is 59.6 Å². The van der Waals surface area contributed by atoms with E-state index in [0.29, 0.717) is 6.42 Å². The minimum atomic E-state index is -1.22. The number of allylic oxidation sites excluding steroid dienone is 2. The van der Waals surface area contributed by atoms with Gasteiger partial charge in [-0.05, 0) is 43.4 Å². The molecular weight excluding hydrogens is 392 g/mol. The van der Waals surface area contributed by atoms with E-state index in [1.807, 2.05) is 30.3 Å². The van der Waals surface area contributed by atoms with Crippen LogP contribution in [0.5, 0.6) is 5.75 Å². The molecule has 1 aliphatic rings. The summed E-state index contributed by atoms with van der Waals surface area (Å²) in [5, 5.41) is 0. The third-order valence-corrected chi connectivity index (χ3v) is 6.35. The molecule has 0 heterocycles. The van der Waals surface area contributed by atoms with Gasteiger partial charge in [-0.25, -0.2) is 22.8 Å². The fourth-order valence-electron chi connectivity index (χ4n) is 4.68. The average Bonchev–Trinajstić information content (AvgIpc) is 2.84. The Morgan fingerprint density at radius 1 is 1.16 bits per heavy atom. The molecule has 0 saturated heterocycles. The average molecular weight is 423 g/mol. The van der Waals surface area contributed by atoms with Gasteiger partial charge in [-0.2, -0.15) is 0 Å². The first-order chi connectivity index (χ1) is 15.6. The molecule has 32 heavy (non-hydrogen) atoms. The first-order valence-corrected chi connectivity index (χ1v) is 11.1. The van der Waals surface area contributed by atoms with Gasteiger partial charge in [0.1, 0.15) is 17.7 Å². The fraction of sp³-hybridized carbons (Fsp3) is 0.310. The molecule has 2 atom stereocenters. The van der Waals surface area contributed by atoms with Crippen molar-refractivity contribution >= 4 is 6.08 Å². The van der Waals surface area contributed by atoms with Crippen molar-refractivity contribution in [3.63, 3.8) is 0 Å². The SMILES string of the molecule is [C-]#[N+]C(CC=C)([N+]#[C-])C1=CCCC[C@H]1[C@@H](/C=C/c1ccccc1C)c1ccccc1OC. The van der Waals surface area contributed by atoms with Crippen LogP contribution >= 0.6 is 0 Å². The topological polar surface area (TPSA) is 18.0 Å². The minimum absolute atomic E-state index is 0.00926. The molecule has 3 rings (SSSR count). The number of methoxy groups -OCH3 is 1. The van der Waals surface area contributed by atoms with E-state index in [1.165, 1.54) is 11.1 Å². The quantitative estimate of drug-likeness (QED) is 0.316. The number of benzene rings is 2. The molecule has 0 aliphatic heterocycles. The van der Waals surface area contributed by atoms with E-state index in [1.54, 1.807) is 13.2 Å². The Morgan fingerprint density at radius 2 is 1.88 bits per heavy atom.